The van der Waals surface area contributed by atoms with E-state index in [9.17, 15) is 22.8 Å². The van der Waals surface area contributed by atoms with Crippen LogP contribution in [0.1, 0.15) is 78.1 Å². The molecule has 2 aromatic heterocycles. The Kier molecular flexibility index (Phi) is 5.60. The normalized spacial score (nSPS) is 22.5. The lowest BCUT2D eigenvalue weighted by molar-refractivity contribution is -0.169. The lowest BCUT2D eigenvalue weighted by atomic mass is 9.89. The standard InChI is InChI=1S/C26H27F3N6O4/c27-26(28,29)18-10-30-25(37)35(18)11-12-1-8-17-16(9-12)31-24(38-17)21(19(13-2-3-13)14-4-5-14)32-23(36)22-20(15-6-7-15)33-39-34-22/h1,8-9,13-15,18-19,21H,2-7,10-11H2,(H,30,37)(H,32,36). The van der Waals surface area contributed by atoms with Gasteiger partial charge in [-0.25, -0.2) is 14.4 Å². The molecule has 3 amide bonds. The highest BCUT2D eigenvalue weighted by Crippen LogP contribution is 2.54. The quantitative estimate of drug-likeness (QED) is 0.408. The Labute approximate surface area is 220 Å². The first-order valence-electron chi connectivity index (χ1n) is 13.4. The van der Waals surface area contributed by atoms with Crippen molar-refractivity contribution in [2.24, 2.45) is 17.8 Å². The van der Waals surface area contributed by atoms with Crippen LogP contribution in [0.2, 0.25) is 0 Å². The summed E-state index contributed by atoms with van der Waals surface area (Å²) in [6.45, 7) is -0.697. The third-order valence-corrected chi connectivity index (χ3v) is 8.25. The van der Waals surface area contributed by atoms with Crippen LogP contribution in [-0.4, -0.2) is 50.9 Å². The monoisotopic (exact) mass is 544 g/mol. The van der Waals surface area contributed by atoms with Crippen LogP contribution in [-0.2, 0) is 6.54 Å². The molecule has 1 aromatic carbocycles. The Balaban J connectivity index is 1.18. The predicted molar refractivity (Wildman–Crippen MR) is 128 cm³/mol. The minimum Gasteiger partial charge on any atom is -0.438 e. The van der Waals surface area contributed by atoms with Crippen molar-refractivity contribution in [3.8, 4) is 0 Å². The van der Waals surface area contributed by atoms with Gasteiger partial charge >= 0.3 is 12.2 Å². The number of nitrogens with zero attached hydrogens (tertiary/aromatic N) is 4. The molecule has 3 saturated carbocycles. The van der Waals surface area contributed by atoms with Crippen molar-refractivity contribution in [1.29, 1.82) is 0 Å². The van der Waals surface area contributed by atoms with E-state index in [4.69, 9.17) is 14.0 Å². The number of oxazole rings is 1. The highest BCUT2D eigenvalue weighted by Gasteiger charge is 2.50. The first-order valence-corrected chi connectivity index (χ1v) is 13.4. The topological polar surface area (TPSA) is 126 Å². The summed E-state index contributed by atoms with van der Waals surface area (Å²) in [7, 11) is 0. The molecule has 0 bridgehead atoms. The van der Waals surface area contributed by atoms with E-state index in [0.717, 1.165) is 43.4 Å². The Hall–Kier alpha value is -3.64. The molecule has 3 heterocycles. The number of halogens is 3. The van der Waals surface area contributed by atoms with E-state index in [0.29, 0.717) is 40.1 Å². The molecule has 2 unspecified atom stereocenters. The Bertz CT molecular complexity index is 1410. The number of hydrogen-bond acceptors (Lipinski definition) is 7. The molecule has 4 fully saturated rings. The number of carbonyl (C=O) groups excluding carboxylic acids is 2. The second-order valence-electron chi connectivity index (χ2n) is 11.2. The van der Waals surface area contributed by atoms with Crippen LogP contribution in [0.3, 0.4) is 0 Å². The van der Waals surface area contributed by atoms with E-state index >= 15 is 0 Å². The average molecular weight is 545 g/mol. The maximum Gasteiger partial charge on any atom is 0.410 e. The maximum absolute atomic E-state index is 13.4. The summed E-state index contributed by atoms with van der Waals surface area (Å²) in [6, 6.07) is 1.77. The summed E-state index contributed by atoms with van der Waals surface area (Å²) in [4.78, 5) is 30.9. The Morgan fingerprint density at radius 3 is 2.54 bits per heavy atom. The molecule has 4 aliphatic rings. The van der Waals surface area contributed by atoms with Gasteiger partial charge in [0.15, 0.2) is 11.3 Å². The molecule has 206 valence electrons. The average Bonchev–Trinajstić information content (AvgIpc) is 3.85. The summed E-state index contributed by atoms with van der Waals surface area (Å²) in [5.41, 5.74) is 2.17. The van der Waals surface area contributed by atoms with Crippen molar-refractivity contribution in [1.82, 2.24) is 30.8 Å². The van der Waals surface area contributed by atoms with Crippen molar-refractivity contribution in [2.45, 2.75) is 69.2 Å². The van der Waals surface area contributed by atoms with Gasteiger partial charge in [-0.3, -0.25) is 4.79 Å². The zero-order chi connectivity index (χ0) is 26.9. The smallest absolute Gasteiger partial charge is 0.410 e. The molecule has 1 aliphatic heterocycles. The largest absolute Gasteiger partial charge is 0.438 e. The third kappa shape index (κ3) is 4.71. The molecule has 3 aliphatic carbocycles. The highest BCUT2D eigenvalue weighted by molar-refractivity contribution is 5.93. The van der Waals surface area contributed by atoms with E-state index in [2.05, 4.69) is 20.9 Å². The number of alkyl halides is 3. The summed E-state index contributed by atoms with van der Waals surface area (Å²) >= 11 is 0. The van der Waals surface area contributed by atoms with Gasteiger partial charge < -0.3 is 20.0 Å². The van der Waals surface area contributed by atoms with Crippen LogP contribution < -0.4 is 10.6 Å². The van der Waals surface area contributed by atoms with Gasteiger partial charge in [-0.2, -0.15) is 13.2 Å². The molecular weight excluding hydrogens is 517 g/mol. The van der Waals surface area contributed by atoms with Gasteiger partial charge in [-0.1, -0.05) is 11.2 Å². The van der Waals surface area contributed by atoms with Crippen molar-refractivity contribution in [2.75, 3.05) is 6.54 Å². The van der Waals surface area contributed by atoms with Crippen molar-refractivity contribution in [3.05, 3.63) is 41.0 Å². The van der Waals surface area contributed by atoms with Crippen LogP contribution in [0.4, 0.5) is 18.0 Å². The molecule has 3 aromatic rings. The van der Waals surface area contributed by atoms with E-state index in [1.807, 2.05) is 0 Å². The number of nitrogens with one attached hydrogen (secondary N) is 2. The second kappa shape index (κ2) is 8.95. The van der Waals surface area contributed by atoms with Crippen LogP contribution in [0, 0.1) is 17.8 Å². The Morgan fingerprint density at radius 1 is 1.13 bits per heavy atom. The van der Waals surface area contributed by atoms with Gasteiger partial charge in [0, 0.05) is 19.0 Å². The fraction of sp³-hybridized carbons (Fsp3) is 0.577. The van der Waals surface area contributed by atoms with Crippen LogP contribution >= 0.6 is 0 Å². The minimum atomic E-state index is -4.53. The zero-order valence-corrected chi connectivity index (χ0v) is 20.9. The van der Waals surface area contributed by atoms with Crippen molar-refractivity contribution in [3.63, 3.8) is 0 Å². The Morgan fingerprint density at radius 2 is 1.87 bits per heavy atom. The molecule has 1 saturated heterocycles. The van der Waals surface area contributed by atoms with E-state index in [1.165, 1.54) is 0 Å². The number of carbonyl (C=O) groups is 2. The lowest BCUT2D eigenvalue weighted by Crippen LogP contribution is -2.43. The number of fused-ring (bicyclic) bond motifs is 1. The van der Waals surface area contributed by atoms with Gasteiger partial charge in [0.1, 0.15) is 23.3 Å². The molecule has 2 atom stereocenters. The summed E-state index contributed by atoms with van der Waals surface area (Å²) < 4.78 is 51.3. The number of aromatic nitrogens is 3. The molecule has 13 heteroatoms. The molecule has 7 rings (SSSR count). The fourth-order valence-corrected chi connectivity index (χ4v) is 5.83. The van der Waals surface area contributed by atoms with Gasteiger partial charge in [-0.05, 0) is 79.1 Å². The van der Waals surface area contributed by atoms with Crippen LogP contribution in [0.25, 0.3) is 11.1 Å². The van der Waals surface area contributed by atoms with Crippen molar-refractivity contribution < 1.29 is 31.8 Å². The third-order valence-electron chi connectivity index (χ3n) is 8.25. The number of amides is 3. The van der Waals surface area contributed by atoms with Crippen LogP contribution in [0.5, 0.6) is 0 Å². The number of urea groups is 1. The summed E-state index contributed by atoms with van der Waals surface area (Å²) in [5, 5.41) is 13.2. The molecule has 10 nitrogen and oxygen atoms in total. The molecular formula is C26H27F3N6O4. The van der Waals surface area contributed by atoms with Gasteiger partial charge in [0.05, 0.1) is 0 Å². The zero-order valence-electron chi connectivity index (χ0n) is 20.9. The highest BCUT2D eigenvalue weighted by atomic mass is 19.4. The van der Waals surface area contributed by atoms with Gasteiger partial charge in [-0.15, -0.1) is 0 Å². The number of hydrogen-bond donors (Lipinski definition) is 2. The van der Waals surface area contributed by atoms with Gasteiger partial charge in [0.2, 0.25) is 5.89 Å². The van der Waals surface area contributed by atoms with Crippen LogP contribution in [0.15, 0.2) is 27.2 Å². The first-order chi connectivity index (χ1) is 18.8. The molecule has 0 radical (unpaired) electrons. The molecule has 39 heavy (non-hydrogen) atoms. The van der Waals surface area contributed by atoms with Crippen molar-refractivity contribution >= 4 is 23.0 Å². The summed E-state index contributed by atoms with van der Waals surface area (Å²) in [6.07, 6.45) is 1.67. The van der Waals surface area contributed by atoms with E-state index in [-0.39, 0.29) is 30.0 Å². The molecule has 0 spiro atoms. The lowest BCUT2D eigenvalue weighted by Gasteiger charge is -2.25. The van der Waals surface area contributed by atoms with Gasteiger partial charge in [0.25, 0.3) is 5.91 Å². The second-order valence-corrected chi connectivity index (χ2v) is 11.2. The number of benzene rings is 1. The van der Waals surface area contributed by atoms with E-state index < -0.39 is 30.8 Å². The number of rotatable bonds is 9. The first kappa shape index (κ1) is 24.4. The maximum atomic E-state index is 13.4. The van der Waals surface area contributed by atoms with E-state index in [1.54, 1.807) is 18.2 Å². The predicted octanol–water partition coefficient (Wildman–Crippen LogP) is 4.45. The minimum absolute atomic E-state index is 0.159. The fourth-order valence-electron chi connectivity index (χ4n) is 5.83. The summed E-state index contributed by atoms with van der Waals surface area (Å²) in [5.74, 6) is 1.24. The SMILES string of the molecule is O=C(NC(c1nc2cc(CN3C(=O)NCC3C(F)(F)F)ccc2o1)C(C1CC1)C1CC1)c1nonc1C1CC1. The molecule has 2 N–H and O–H groups in total.